The summed E-state index contributed by atoms with van der Waals surface area (Å²) in [6.45, 7) is 15.2. The third-order valence-electron chi connectivity index (χ3n) is 5.89. The first kappa shape index (κ1) is 22.5. The van der Waals surface area contributed by atoms with Crippen LogP contribution in [0, 0.1) is 6.92 Å². The van der Waals surface area contributed by atoms with Crippen LogP contribution in [-0.2, 0) is 5.54 Å². The van der Waals surface area contributed by atoms with E-state index in [1.54, 1.807) is 6.20 Å². The number of pyridine rings is 2. The molecule has 3 aromatic rings. The minimum absolute atomic E-state index is 0.0413. The summed E-state index contributed by atoms with van der Waals surface area (Å²) >= 11 is 5.96. The Balaban J connectivity index is 1.66. The Kier molecular flexibility index (Phi) is 5.88. The van der Waals surface area contributed by atoms with Gasteiger partial charge in [0.05, 0.1) is 27.2 Å². The van der Waals surface area contributed by atoms with Crippen LogP contribution in [0.4, 0.5) is 5.82 Å². The van der Waals surface area contributed by atoms with Crippen LogP contribution in [-0.4, -0.2) is 56.7 Å². The predicted molar refractivity (Wildman–Crippen MR) is 129 cm³/mol. The molecule has 0 aromatic carbocycles. The van der Waals surface area contributed by atoms with Crippen molar-refractivity contribution < 1.29 is 4.79 Å². The number of carbonyl (C=O) groups excluding carboxylic acids is 1. The van der Waals surface area contributed by atoms with Gasteiger partial charge in [-0.2, -0.15) is 5.10 Å². The van der Waals surface area contributed by atoms with E-state index in [4.69, 9.17) is 21.7 Å². The molecule has 0 N–H and O–H groups in total. The molecule has 8 heteroatoms. The molecule has 0 radical (unpaired) electrons. The summed E-state index contributed by atoms with van der Waals surface area (Å²) in [6, 6.07) is 5.73. The highest BCUT2D eigenvalue weighted by atomic mass is 35.5. The van der Waals surface area contributed by atoms with Crippen LogP contribution in [0.3, 0.4) is 0 Å². The van der Waals surface area contributed by atoms with Crippen molar-refractivity contribution in [2.75, 3.05) is 31.1 Å². The predicted octanol–water partition coefficient (Wildman–Crippen LogP) is 4.63. The number of halogens is 1. The van der Waals surface area contributed by atoms with Crippen molar-refractivity contribution in [3.8, 4) is 0 Å². The zero-order chi connectivity index (χ0) is 23.2. The average Bonchev–Trinajstić information content (AvgIpc) is 3.10. The van der Waals surface area contributed by atoms with Gasteiger partial charge in [0.2, 0.25) is 0 Å². The fourth-order valence-corrected chi connectivity index (χ4v) is 4.22. The van der Waals surface area contributed by atoms with Gasteiger partial charge in [0.25, 0.3) is 5.91 Å². The molecule has 0 aliphatic carbocycles. The lowest BCUT2D eigenvalue weighted by molar-refractivity contribution is 0.0748. The highest BCUT2D eigenvalue weighted by Crippen LogP contribution is 2.30. The highest BCUT2D eigenvalue weighted by molar-refractivity contribution is 6.30. The van der Waals surface area contributed by atoms with E-state index in [9.17, 15) is 4.79 Å². The molecule has 0 saturated carbocycles. The van der Waals surface area contributed by atoms with Gasteiger partial charge in [0.1, 0.15) is 5.82 Å². The summed E-state index contributed by atoms with van der Waals surface area (Å²) in [6.07, 6.45) is 1.66. The summed E-state index contributed by atoms with van der Waals surface area (Å²) in [5.41, 5.74) is 3.01. The number of piperazine rings is 1. The van der Waals surface area contributed by atoms with Crippen LogP contribution in [0.1, 0.15) is 62.3 Å². The van der Waals surface area contributed by atoms with Gasteiger partial charge in [-0.25, -0.2) is 14.6 Å². The van der Waals surface area contributed by atoms with Crippen molar-refractivity contribution in [2.45, 2.75) is 53.0 Å². The minimum Gasteiger partial charge on any atom is -0.353 e. The molecule has 0 bridgehead atoms. The summed E-state index contributed by atoms with van der Waals surface area (Å²) in [4.78, 5) is 27.1. The SMILES string of the molecule is Cc1nn(C(C)(C)C)c2nc(C(C)C)cc(C(=O)N3CCN(c4ccc(Cl)cn4)CC3)c12. The Morgan fingerprint density at radius 2 is 1.81 bits per heavy atom. The monoisotopic (exact) mass is 454 g/mol. The Labute approximate surface area is 194 Å². The van der Waals surface area contributed by atoms with Crippen molar-refractivity contribution in [1.82, 2.24) is 24.6 Å². The molecular weight excluding hydrogens is 424 g/mol. The summed E-state index contributed by atoms with van der Waals surface area (Å²) in [7, 11) is 0. The molecule has 32 heavy (non-hydrogen) atoms. The maximum Gasteiger partial charge on any atom is 0.254 e. The molecule has 4 heterocycles. The van der Waals surface area contributed by atoms with Crippen molar-refractivity contribution in [3.63, 3.8) is 0 Å². The summed E-state index contributed by atoms with van der Waals surface area (Å²) in [5, 5.41) is 6.24. The molecule has 170 valence electrons. The van der Waals surface area contributed by atoms with Gasteiger partial charge in [-0.15, -0.1) is 0 Å². The quantitative estimate of drug-likeness (QED) is 0.577. The molecule has 1 saturated heterocycles. The van der Waals surface area contributed by atoms with E-state index < -0.39 is 0 Å². The summed E-state index contributed by atoms with van der Waals surface area (Å²) < 4.78 is 1.95. The number of aromatic nitrogens is 4. The lowest BCUT2D eigenvalue weighted by atomic mass is 10.0. The van der Waals surface area contributed by atoms with Crippen molar-refractivity contribution in [2.24, 2.45) is 0 Å². The second-order valence-corrected chi connectivity index (χ2v) is 10.2. The average molecular weight is 455 g/mol. The highest BCUT2D eigenvalue weighted by Gasteiger charge is 2.29. The van der Waals surface area contributed by atoms with Crippen LogP contribution in [0.2, 0.25) is 5.02 Å². The second-order valence-electron chi connectivity index (χ2n) is 9.73. The Morgan fingerprint density at radius 1 is 1.12 bits per heavy atom. The Morgan fingerprint density at radius 3 is 2.38 bits per heavy atom. The molecule has 0 spiro atoms. The zero-order valence-electron chi connectivity index (χ0n) is 19.7. The van der Waals surface area contributed by atoms with Gasteiger partial charge >= 0.3 is 0 Å². The van der Waals surface area contributed by atoms with Gasteiger partial charge < -0.3 is 9.80 Å². The van der Waals surface area contributed by atoms with E-state index >= 15 is 0 Å². The fourth-order valence-electron chi connectivity index (χ4n) is 4.10. The Bertz CT molecular complexity index is 1140. The Hall–Kier alpha value is -2.67. The smallest absolute Gasteiger partial charge is 0.254 e. The van der Waals surface area contributed by atoms with Gasteiger partial charge in [-0.3, -0.25) is 4.79 Å². The molecular formula is C24H31ClN6O. The first-order chi connectivity index (χ1) is 15.1. The van der Waals surface area contributed by atoms with Crippen LogP contribution >= 0.6 is 11.6 Å². The van der Waals surface area contributed by atoms with Crippen LogP contribution < -0.4 is 4.90 Å². The van der Waals surface area contributed by atoms with Gasteiger partial charge in [0.15, 0.2) is 5.65 Å². The molecule has 0 atom stereocenters. The van der Waals surface area contributed by atoms with E-state index in [2.05, 4.69) is 44.5 Å². The topological polar surface area (TPSA) is 67.2 Å². The van der Waals surface area contributed by atoms with Crippen LogP contribution in [0.15, 0.2) is 24.4 Å². The van der Waals surface area contributed by atoms with Crippen LogP contribution in [0.25, 0.3) is 11.0 Å². The third-order valence-corrected chi connectivity index (χ3v) is 6.12. The van der Waals surface area contributed by atoms with E-state index in [1.165, 1.54) is 0 Å². The van der Waals surface area contributed by atoms with Gasteiger partial charge in [0, 0.05) is 38.1 Å². The summed E-state index contributed by atoms with van der Waals surface area (Å²) in [5.74, 6) is 1.14. The standard InChI is InChI=1S/C24H31ClN6O/c1-15(2)19-13-18(21-16(3)28-31(22(21)27-19)24(4,5)6)23(32)30-11-9-29(10-12-30)20-8-7-17(25)14-26-20/h7-8,13-15H,9-12H2,1-6H3. The fraction of sp³-hybridized carbons (Fsp3) is 0.500. The van der Waals surface area contributed by atoms with E-state index in [0.29, 0.717) is 23.7 Å². The maximum absolute atomic E-state index is 13.7. The number of carbonyl (C=O) groups is 1. The first-order valence-electron chi connectivity index (χ1n) is 11.1. The molecule has 0 unspecified atom stereocenters. The molecule has 4 rings (SSSR count). The molecule has 1 aliphatic heterocycles. The number of hydrogen-bond donors (Lipinski definition) is 0. The van der Waals surface area contributed by atoms with E-state index in [0.717, 1.165) is 41.3 Å². The molecule has 3 aromatic heterocycles. The molecule has 1 fully saturated rings. The zero-order valence-corrected chi connectivity index (χ0v) is 20.4. The minimum atomic E-state index is -0.230. The first-order valence-corrected chi connectivity index (χ1v) is 11.5. The third kappa shape index (κ3) is 4.18. The molecule has 1 aliphatic rings. The number of aryl methyl sites for hydroxylation is 1. The molecule has 1 amide bonds. The van der Waals surface area contributed by atoms with Crippen molar-refractivity contribution >= 4 is 34.4 Å². The number of nitrogens with zero attached hydrogens (tertiary/aromatic N) is 6. The van der Waals surface area contributed by atoms with Gasteiger partial charge in [-0.05, 0) is 51.8 Å². The van der Waals surface area contributed by atoms with E-state index in [1.807, 2.05) is 34.7 Å². The van der Waals surface area contributed by atoms with E-state index in [-0.39, 0.29) is 17.4 Å². The van der Waals surface area contributed by atoms with Crippen molar-refractivity contribution in [3.05, 3.63) is 46.4 Å². The number of rotatable bonds is 3. The number of anilines is 1. The number of amides is 1. The number of fused-ring (bicyclic) bond motifs is 1. The normalized spacial score (nSPS) is 15.1. The second kappa shape index (κ2) is 8.35. The molecule has 7 nitrogen and oxygen atoms in total. The van der Waals surface area contributed by atoms with Crippen LogP contribution in [0.5, 0.6) is 0 Å². The lowest BCUT2D eigenvalue weighted by Gasteiger charge is -2.35. The van der Waals surface area contributed by atoms with Gasteiger partial charge in [-0.1, -0.05) is 25.4 Å². The lowest BCUT2D eigenvalue weighted by Crippen LogP contribution is -2.49. The maximum atomic E-state index is 13.7. The largest absolute Gasteiger partial charge is 0.353 e. The van der Waals surface area contributed by atoms with Crippen molar-refractivity contribution in [1.29, 1.82) is 0 Å². The number of hydrogen-bond acceptors (Lipinski definition) is 5.